The first-order chi connectivity index (χ1) is 8.75. The van der Waals surface area contributed by atoms with Gasteiger partial charge in [-0.1, -0.05) is 30.3 Å². The minimum atomic E-state index is -0.780. The van der Waals surface area contributed by atoms with Gasteiger partial charge in [-0.15, -0.1) is 0 Å². The number of carboxylic acid groups (broad SMARTS) is 1. The van der Waals surface area contributed by atoms with Gasteiger partial charge in [0.15, 0.2) is 0 Å². The molecule has 0 aliphatic carbocycles. The van der Waals surface area contributed by atoms with Crippen LogP contribution < -0.4 is 0 Å². The van der Waals surface area contributed by atoms with Crippen LogP contribution in [0.25, 0.3) is 0 Å². The first kappa shape index (κ1) is 12.4. The molecule has 0 amide bonds. The summed E-state index contributed by atoms with van der Waals surface area (Å²) in [6, 6.07) is 10.2. The second-order valence-corrected chi connectivity index (χ2v) is 4.17. The Morgan fingerprint density at radius 1 is 1.22 bits per heavy atom. The van der Waals surface area contributed by atoms with Crippen LogP contribution in [0.1, 0.15) is 17.8 Å². The van der Waals surface area contributed by atoms with E-state index in [4.69, 9.17) is 5.11 Å². The molecule has 0 spiro atoms. The fraction of sp³-hybridized carbons (Fsp3) is 0.286. The molecule has 0 saturated heterocycles. The van der Waals surface area contributed by atoms with Gasteiger partial charge in [-0.2, -0.15) is 0 Å². The number of nitrogens with zero attached hydrogens (tertiary/aromatic N) is 2. The molecule has 0 aliphatic heterocycles. The molecule has 0 bridgehead atoms. The number of imidazole rings is 1. The Morgan fingerprint density at radius 2 is 2.00 bits per heavy atom. The number of hydrogen-bond donors (Lipinski definition) is 1. The Bertz CT molecular complexity index is 506. The van der Waals surface area contributed by atoms with E-state index in [0.717, 1.165) is 18.7 Å². The van der Waals surface area contributed by atoms with Crippen LogP contribution in [-0.2, 0) is 24.2 Å². The third-order valence-electron chi connectivity index (χ3n) is 2.85. The van der Waals surface area contributed by atoms with Crippen molar-refractivity contribution < 1.29 is 9.90 Å². The molecule has 0 aliphatic rings. The van der Waals surface area contributed by atoms with E-state index in [-0.39, 0.29) is 6.42 Å². The molecule has 0 fully saturated rings. The van der Waals surface area contributed by atoms with Crippen LogP contribution in [0, 0.1) is 0 Å². The second-order valence-electron chi connectivity index (χ2n) is 4.17. The number of aryl methyl sites for hydroxylation is 3. The number of benzene rings is 1. The number of carboxylic acids is 1. The molecule has 2 rings (SSSR count). The van der Waals surface area contributed by atoms with Crippen LogP contribution >= 0.6 is 0 Å². The summed E-state index contributed by atoms with van der Waals surface area (Å²) in [6.45, 7) is 0.486. The van der Waals surface area contributed by atoms with E-state index in [1.165, 1.54) is 5.56 Å². The molecule has 0 unspecified atom stereocenters. The minimum Gasteiger partial charge on any atom is -0.481 e. The van der Waals surface area contributed by atoms with Gasteiger partial charge in [-0.05, 0) is 12.0 Å². The Hall–Kier alpha value is -2.10. The summed E-state index contributed by atoms with van der Waals surface area (Å²) in [5.41, 5.74) is 1.27. The summed E-state index contributed by atoms with van der Waals surface area (Å²) >= 11 is 0. The number of aromatic nitrogens is 2. The van der Waals surface area contributed by atoms with Crippen molar-refractivity contribution in [2.75, 3.05) is 0 Å². The molecule has 1 heterocycles. The topological polar surface area (TPSA) is 55.1 Å². The molecule has 4 nitrogen and oxygen atoms in total. The van der Waals surface area contributed by atoms with Gasteiger partial charge in [0.1, 0.15) is 5.82 Å². The van der Waals surface area contributed by atoms with Gasteiger partial charge in [0, 0.05) is 25.4 Å². The normalized spacial score (nSPS) is 10.4. The maximum absolute atomic E-state index is 10.6. The lowest BCUT2D eigenvalue weighted by atomic mass is 10.1. The Kier molecular flexibility index (Phi) is 4.12. The van der Waals surface area contributed by atoms with Crippen LogP contribution in [0.3, 0.4) is 0 Å². The first-order valence-corrected chi connectivity index (χ1v) is 6.01. The average molecular weight is 244 g/mol. The smallest absolute Gasteiger partial charge is 0.305 e. The largest absolute Gasteiger partial charge is 0.481 e. The maximum Gasteiger partial charge on any atom is 0.305 e. The summed E-state index contributed by atoms with van der Waals surface area (Å²) in [5, 5.41) is 8.68. The number of hydrogen-bond acceptors (Lipinski definition) is 2. The van der Waals surface area contributed by atoms with Crippen molar-refractivity contribution in [3.63, 3.8) is 0 Å². The van der Waals surface area contributed by atoms with E-state index in [9.17, 15) is 4.79 Å². The van der Waals surface area contributed by atoms with E-state index in [1.54, 1.807) is 6.20 Å². The zero-order chi connectivity index (χ0) is 12.8. The second kappa shape index (κ2) is 6.00. The molecule has 0 saturated carbocycles. The lowest BCUT2D eigenvalue weighted by Crippen LogP contribution is -2.08. The third-order valence-corrected chi connectivity index (χ3v) is 2.85. The predicted molar refractivity (Wildman–Crippen MR) is 68.3 cm³/mol. The van der Waals surface area contributed by atoms with Gasteiger partial charge in [-0.3, -0.25) is 4.79 Å². The fourth-order valence-electron chi connectivity index (χ4n) is 1.89. The van der Waals surface area contributed by atoms with Crippen LogP contribution in [0.2, 0.25) is 0 Å². The molecule has 4 heteroatoms. The lowest BCUT2D eigenvalue weighted by molar-refractivity contribution is -0.137. The van der Waals surface area contributed by atoms with Crippen LogP contribution in [0.4, 0.5) is 0 Å². The van der Waals surface area contributed by atoms with Crippen molar-refractivity contribution in [1.82, 2.24) is 9.55 Å². The number of carbonyl (C=O) groups is 1. The Balaban J connectivity index is 1.93. The molecule has 1 aromatic carbocycles. The molecule has 94 valence electrons. The lowest BCUT2D eigenvalue weighted by Gasteiger charge is -2.06. The SMILES string of the molecule is O=C(O)CCn1ccnc1CCc1ccccc1. The monoisotopic (exact) mass is 244 g/mol. The van der Waals surface area contributed by atoms with Crippen molar-refractivity contribution in [3.05, 3.63) is 54.1 Å². The first-order valence-electron chi connectivity index (χ1n) is 6.01. The average Bonchev–Trinajstić information content (AvgIpc) is 2.82. The van der Waals surface area contributed by atoms with Crippen molar-refractivity contribution in [2.45, 2.75) is 25.8 Å². The van der Waals surface area contributed by atoms with Gasteiger partial charge in [0.05, 0.1) is 6.42 Å². The quantitative estimate of drug-likeness (QED) is 0.847. The standard InChI is InChI=1S/C14H16N2O2/c17-14(18)8-10-16-11-9-15-13(16)7-6-12-4-2-1-3-5-12/h1-5,9,11H,6-8,10H2,(H,17,18). The molecule has 1 aromatic heterocycles. The zero-order valence-corrected chi connectivity index (χ0v) is 10.1. The predicted octanol–water partition coefficient (Wildman–Crippen LogP) is 2.14. The van der Waals surface area contributed by atoms with Crippen molar-refractivity contribution in [3.8, 4) is 0 Å². The van der Waals surface area contributed by atoms with Crippen LogP contribution in [0.5, 0.6) is 0 Å². The molecular formula is C14H16N2O2. The number of aliphatic carboxylic acids is 1. The molecule has 1 N–H and O–H groups in total. The van der Waals surface area contributed by atoms with E-state index < -0.39 is 5.97 Å². The van der Waals surface area contributed by atoms with E-state index >= 15 is 0 Å². The highest BCUT2D eigenvalue weighted by Crippen LogP contribution is 2.06. The van der Waals surface area contributed by atoms with Crippen molar-refractivity contribution in [2.24, 2.45) is 0 Å². The van der Waals surface area contributed by atoms with Crippen molar-refractivity contribution >= 4 is 5.97 Å². The summed E-state index contributed by atoms with van der Waals surface area (Å²) in [7, 11) is 0. The van der Waals surface area contributed by atoms with E-state index in [0.29, 0.717) is 6.54 Å². The Morgan fingerprint density at radius 3 is 2.72 bits per heavy atom. The zero-order valence-electron chi connectivity index (χ0n) is 10.1. The highest BCUT2D eigenvalue weighted by atomic mass is 16.4. The fourth-order valence-corrected chi connectivity index (χ4v) is 1.89. The molecule has 0 radical (unpaired) electrons. The van der Waals surface area contributed by atoms with E-state index in [2.05, 4.69) is 17.1 Å². The summed E-state index contributed by atoms with van der Waals surface area (Å²) in [4.78, 5) is 14.8. The molecule has 2 aromatic rings. The molecular weight excluding hydrogens is 228 g/mol. The highest BCUT2D eigenvalue weighted by Gasteiger charge is 2.05. The maximum atomic E-state index is 10.6. The number of rotatable bonds is 6. The van der Waals surface area contributed by atoms with E-state index in [1.807, 2.05) is 29.0 Å². The molecule has 18 heavy (non-hydrogen) atoms. The van der Waals surface area contributed by atoms with Gasteiger partial charge in [0.2, 0.25) is 0 Å². The summed E-state index contributed by atoms with van der Waals surface area (Å²) < 4.78 is 1.91. The summed E-state index contributed by atoms with van der Waals surface area (Å²) in [6.07, 6.45) is 5.45. The Labute approximate surface area is 106 Å². The summed E-state index contributed by atoms with van der Waals surface area (Å²) in [5.74, 6) is 0.165. The van der Waals surface area contributed by atoms with Gasteiger partial charge >= 0.3 is 5.97 Å². The minimum absolute atomic E-state index is 0.134. The van der Waals surface area contributed by atoms with Crippen molar-refractivity contribution in [1.29, 1.82) is 0 Å². The molecule has 0 atom stereocenters. The highest BCUT2D eigenvalue weighted by molar-refractivity contribution is 5.66. The van der Waals surface area contributed by atoms with Crippen LogP contribution in [0.15, 0.2) is 42.7 Å². The van der Waals surface area contributed by atoms with Gasteiger partial charge in [-0.25, -0.2) is 4.98 Å². The van der Waals surface area contributed by atoms with Crippen LogP contribution in [-0.4, -0.2) is 20.6 Å². The van der Waals surface area contributed by atoms with Gasteiger partial charge < -0.3 is 9.67 Å². The third kappa shape index (κ3) is 3.45. The van der Waals surface area contributed by atoms with Gasteiger partial charge in [0.25, 0.3) is 0 Å².